The van der Waals surface area contributed by atoms with Crippen molar-refractivity contribution in [2.24, 2.45) is 11.8 Å². The molecule has 2 atom stereocenters. The van der Waals surface area contributed by atoms with Gasteiger partial charge in [-0.3, -0.25) is 20.4 Å². The lowest BCUT2D eigenvalue weighted by molar-refractivity contribution is -0.904. The van der Waals surface area contributed by atoms with Crippen LogP contribution in [0.25, 0.3) is 0 Å². The summed E-state index contributed by atoms with van der Waals surface area (Å²) >= 11 is 5.77. The molecule has 1 saturated heterocycles. The minimum atomic E-state index is -0.409. The van der Waals surface area contributed by atoms with Gasteiger partial charge in [0.05, 0.1) is 13.1 Å². The first-order valence-corrected chi connectivity index (χ1v) is 8.59. The van der Waals surface area contributed by atoms with Crippen molar-refractivity contribution in [2.45, 2.75) is 20.3 Å². The molecule has 1 fully saturated rings. The van der Waals surface area contributed by atoms with E-state index in [9.17, 15) is 9.59 Å². The van der Waals surface area contributed by atoms with E-state index in [-0.39, 0.29) is 12.5 Å². The van der Waals surface area contributed by atoms with Crippen LogP contribution in [-0.2, 0) is 9.59 Å². The number of amides is 2. The molecule has 3 N–H and O–H groups in total. The highest BCUT2D eigenvalue weighted by atomic mass is 35.5. The van der Waals surface area contributed by atoms with Crippen LogP contribution in [0.5, 0.6) is 5.75 Å². The number of rotatable bonds is 5. The summed E-state index contributed by atoms with van der Waals surface area (Å²) in [6, 6.07) is 6.71. The van der Waals surface area contributed by atoms with Crippen molar-refractivity contribution in [3.63, 3.8) is 0 Å². The lowest BCUT2D eigenvalue weighted by Gasteiger charge is -2.31. The summed E-state index contributed by atoms with van der Waals surface area (Å²) in [5.41, 5.74) is 4.82. The van der Waals surface area contributed by atoms with Crippen LogP contribution in [-0.4, -0.2) is 38.1 Å². The maximum atomic E-state index is 11.9. The Labute approximate surface area is 147 Å². The van der Waals surface area contributed by atoms with Gasteiger partial charge >= 0.3 is 0 Å². The summed E-state index contributed by atoms with van der Waals surface area (Å²) < 4.78 is 5.31. The molecule has 0 unspecified atom stereocenters. The fourth-order valence-electron chi connectivity index (χ4n) is 3.19. The lowest BCUT2D eigenvalue weighted by Crippen LogP contribution is -3.15. The first kappa shape index (κ1) is 18.5. The average molecular weight is 355 g/mol. The second kappa shape index (κ2) is 8.89. The van der Waals surface area contributed by atoms with Crippen LogP contribution in [0, 0.1) is 11.8 Å². The van der Waals surface area contributed by atoms with Crippen LogP contribution in [0.15, 0.2) is 24.3 Å². The molecule has 0 aliphatic carbocycles. The van der Waals surface area contributed by atoms with E-state index in [0.717, 1.165) is 13.1 Å². The number of halogens is 1. The van der Waals surface area contributed by atoms with Gasteiger partial charge in [0.15, 0.2) is 13.2 Å². The molecule has 1 heterocycles. The number of ether oxygens (including phenoxy) is 1. The molecule has 0 spiro atoms. The predicted molar refractivity (Wildman–Crippen MR) is 91.7 cm³/mol. The largest absolute Gasteiger partial charge is 0.484 e. The average Bonchev–Trinajstić information content (AvgIpc) is 2.51. The molecular formula is C17H25ClN3O3+. The highest BCUT2D eigenvalue weighted by molar-refractivity contribution is 6.30. The van der Waals surface area contributed by atoms with Crippen molar-refractivity contribution in [2.75, 3.05) is 26.2 Å². The fourth-order valence-corrected chi connectivity index (χ4v) is 3.32. The number of carbonyl (C=O) groups is 2. The van der Waals surface area contributed by atoms with Gasteiger partial charge in [0, 0.05) is 16.9 Å². The molecule has 0 aromatic heterocycles. The van der Waals surface area contributed by atoms with Crippen LogP contribution in [0.3, 0.4) is 0 Å². The SMILES string of the molecule is C[C@H]1C[C@H](C)C[NH+](CC(=O)NNC(=O)COc2ccc(Cl)cc2)C1. The number of piperidine rings is 1. The second-order valence-electron chi connectivity index (χ2n) is 6.62. The van der Waals surface area contributed by atoms with Gasteiger partial charge < -0.3 is 9.64 Å². The third-order valence-corrected chi connectivity index (χ3v) is 4.27. The molecule has 132 valence electrons. The zero-order valence-electron chi connectivity index (χ0n) is 14.1. The van der Waals surface area contributed by atoms with Crippen molar-refractivity contribution in [3.8, 4) is 5.75 Å². The minimum Gasteiger partial charge on any atom is -0.484 e. The van der Waals surface area contributed by atoms with Gasteiger partial charge in [-0.1, -0.05) is 25.4 Å². The van der Waals surface area contributed by atoms with E-state index in [1.807, 2.05) is 0 Å². The molecule has 1 aromatic rings. The van der Waals surface area contributed by atoms with E-state index in [1.54, 1.807) is 24.3 Å². The van der Waals surface area contributed by atoms with Crippen LogP contribution >= 0.6 is 11.6 Å². The summed E-state index contributed by atoms with van der Waals surface area (Å²) in [7, 11) is 0. The molecule has 7 heteroatoms. The number of quaternary nitrogens is 1. The molecule has 24 heavy (non-hydrogen) atoms. The number of carbonyl (C=O) groups excluding carboxylic acids is 2. The van der Waals surface area contributed by atoms with Crippen molar-refractivity contribution in [1.29, 1.82) is 0 Å². The summed E-state index contributed by atoms with van der Waals surface area (Å²) in [6.07, 6.45) is 1.21. The number of likely N-dealkylation sites (tertiary alicyclic amines) is 1. The molecule has 1 aliphatic heterocycles. The fraction of sp³-hybridized carbons (Fsp3) is 0.529. The first-order valence-electron chi connectivity index (χ1n) is 8.22. The second-order valence-corrected chi connectivity index (χ2v) is 7.06. The van der Waals surface area contributed by atoms with Gasteiger partial charge in [0.1, 0.15) is 5.75 Å². The lowest BCUT2D eigenvalue weighted by atomic mass is 9.92. The van der Waals surface area contributed by atoms with E-state index in [1.165, 1.54) is 11.3 Å². The van der Waals surface area contributed by atoms with Crippen molar-refractivity contribution >= 4 is 23.4 Å². The van der Waals surface area contributed by atoms with E-state index in [2.05, 4.69) is 24.7 Å². The third kappa shape index (κ3) is 6.37. The number of hydrazine groups is 1. The van der Waals surface area contributed by atoms with Crippen LogP contribution < -0.4 is 20.5 Å². The summed E-state index contributed by atoms with van der Waals surface area (Å²) in [5, 5.41) is 0.600. The standard InChI is InChI=1S/C17H24ClN3O3/c1-12-7-13(2)9-21(8-12)10-16(22)19-20-17(23)11-24-15-5-3-14(18)4-6-15/h3-6,12-13H,7-11H2,1-2H3,(H,19,22)(H,20,23)/p+1/t12-,13-/m0/s1. The van der Waals surface area contributed by atoms with Crippen LogP contribution in [0.2, 0.25) is 5.02 Å². The first-order chi connectivity index (χ1) is 11.4. The summed E-state index contributed by atoms with van der Waals surface area (Å²) in [6.45, 7) is 6.60. The molecular weight excluding hydrogens is 330 g/mol. The van der Waals surface area contributed by atoms with Gasteiger partial charge in [-0.05, 0) is 30.7 Å². The van der Waals surface area contributed by atoms with Crippen molar-refractivity contribution < 1.29 is 19.2 Å². The van der Waals surface area contributed by atoms with Gasteiger partial charge in [0.25, 0.3) is 11.8 Å². The Morgan fingerprint density at radius 1 is 1.12 bits per heavy atom. The topological polar surface area (TPSA) is 71.9 Å². The van der Waals surface area contributed by atoms with Gasteiger partial charge in [-0.2, -0.15) is 0 Å². The number of hydrogen-bond donors (Lipinski definition) is 3. The highest BCUT2D eigenvalue weighted by Crippen LogP contribution is 2.15. The van der Waals surface area contributed by atoms with E-state index >= 15 is 0 Å². The maximum Gasteiger partial charge on any atom is 0.293 e. The smallest absolute Gasteiger partial charge is 0.293 e. The molecule has 1 aliphatic rings. The molecule has 0 radical (unpaired) electrons. The number of nitrogens with one attached hydrogen (secondary N) is 3. The van der Waals surface area contributed by atoms with E-state index in [0.29, 0.717) is 29.2 Å². The van der Waals surface area contributed by atoms with Gasteiger partial charge in [-0.15, -0.1) is 0 Å². The molecule has 1 aromatic carbocycles. The quantitative estimate of drug-likeness (QED) is 0.671. The third-order valence-electron chi connectivity index (χ3n) is 4.01. The van der Waals surface area contributed by atoms with Crippen LogP contribution in [0.4, 0.5) is 0 Å². The predicted octanol–water partition coefficient (Wildman–Crippen LogP) is 0.427. The number of benzene rings is 1. The van der Waals surface area contributed by atoms with Gasteiger partial charge in [-0.25, -0.2) is 0 Å². The summed E-state index contributed by atoms with van der Waals surface area (Å²) in [4.78, 5) is 24.9. The zero-order chi connectivity index (χ0) is 17.5. The zero-order valence-corrected chi connectivity index (χ0v) is 14.9. The molecule has 0 saturated carbocycles. The summed E-state index contributed by atoms with van der Waals surface area (Å²) in [5.74, 6) is 1.19. The normalized spacial score (nSPS) is 23.4. The van der Waals surface area contributed by atoms with Crippen molar-refractivity contribution in [3.05, 3.63) is 29.3 Å². The van der Waals surface area contributed by atoms with Gasteiger partial charge in [0.2, 0.25) is 0 Å². The molecule has 2 rings (SSSR count). The Morgan fingerprint density at radius 3 is 2.33 bits per heavy atom. The Kier molecular flexibility index (Phi) is 6.87. The Hall–Kier alpha value is -1.79. The highest BCUT2D eigenvalue weighted by Gasteiger charge is 2.26. The Balaban J connectivity index is 1.65. The Morgan fingerprint density at radius 2 is 1.71 bits per heavy atom. The number of hydrogen-bond acceptors (Lipinski definition) is 3. The van der Waals surface area contributed by atoms with E-state index in [4.69, 9.17) is 16.3 Å². The van der Waals surface area contributed by atoms with Crippen molar-refractivity contribution in [1.82, 2.24) is 10.9 Å². The molecule has 6 nitrogen and oxygen atoms in total. The maximum absolute atomic E-state index is 11.9. The van der Waals surface area contributed by atoms with E-state index < -0.39 is 5.91 Å². The molecule has 0 bridgehead atoms. The molecule has 2 amide bonds. The monoisotopic (exact) mass is 354 g/mol. The Bertz CT molecular complexity index is 555. The minimum absolute atomic E-state index is 0.174. The van der Waals surface area contributed by atoms with Crippen LogP contribution in [0.1, 0.15) is 20.3 Å².